The van der Waals surface area contributed by atoms with Crippen molar-refractivity contribution in [3.05, 3.63) is 27.4 Å². The number of hydrogen-bond acceptors (Lipinski definition) is 3. The number of carbonyl (C=O) groups is 1. The molecule has 3 nitrogen and oxygen atoms in total. The number of thiophene rings is 1. The van der Waals surface area contributed by atoms with Crippen molar-refractivity contribution < 1.29 is 9.90 Å². The van der Waals surface area contributed by atoms with Gasteiger partial charge in [0, 0.05) is 11.0 Å². The predicted octanol–water partition coefficient (Wildman–Crippen LogP) is 2.40. The number of nitrogens with zero attached hydrogens (tertiary/aromatic N) is 1. The topological polar surface area (TPSA) is 40.5 Å². The highest BCUT2D eigenvalue weighted by Crippen LogP contribution is 2.44. The van der Waals surface area contributed by atoms with Crippen molar-refractivity contribution in [2.75, 3.05) is 13.1 Å². The Kier molecular flexibility index (Phi) is 2.96. The van der Waals surface area contributed by atoms with Crippen molar-refractivity contribution in [2.45, 2.75) is 18.4 Å². The highest BCUT2D eigenvalue weighted by molar-refractivity contribution is 7.17. The monoisotopic (exact) mass is 283 g/mol. The van der Waals surface area contributed by atoms with Gasteiger partial charge >= 0.3 is 0 Å². The van der Waals surface area contributed by atoms with E-state index >= 15 is 0 Å². The molecule has 0 radical (unpaired) electrons. The number of aliphatic hydroxyl groups is 1. The Bertz CT molecular complexity index is 501. The molecule has 0 atom stereocenters. The van der Waals surface area contributed by atoms with E-state index in [0.29, 0.717) is 23.3 Å². The Labute approximate surface area is 115 Å². The second-order valence-electron chi connectivity index (χ2n) is 5.05. The van der Waals surface area contributed by atoms with E-state index in [1.54, 1.807) is 17.1 Å². The number of halogens is 1. The maximum absolute atomic E-state index is 11.8. The van der Waals surface area contributed by atoms with Crippen LogP contribution in [0.3, 0.4) is 0 Å². The first kappa shape index (κ1) is 12.2. The average molecular weight is 284 g/mol. The van der Waals surface area contributed by atoms with E-state index in [2.05, 4.69) is 0 Å². The number of amides is 1. The SMILES string of the molecule is O=C(C=Cc1ccc(Cl)s1)N1CC(O)(C2CC2)C1. The number of likely N-dealkylation sites (tertiary alicyclic amines) is 1. The van der Waals surface area contributed by atoms with Crippen molar-refractivity contribution in [3.8, 4) is 0 Å². The lowest BCUT2D eigenvalue weighted by Gasteiger charge is -2.46. The van der Waals surface area contributed by atoms with Crippen LogP contribution >= 0.6 is 22.9 Å². The van der Waals surface area contributed by atoms with Crippen molar-refractivity contribution >= 4 is 34.9 Å². The zero-order valence-electron chi connectivity index (χ0n) is 9.80. The van der Waals surface area contributed by atoms with Crippen molar-refractivity contribution in [1.29, 1.82) is 0 Å². The van der Waals surface area contributed by atoms with E-state index in [0.717, 1.165) is 17.7 Å². The summed E-state index contributed by atoms with van der Waals surface area (Å²) < 4.78 is 0.717. The Hall–Kier alpha value is -0.840. The third-order valence-electron chi connectivity index (χ3n) is 3.56. The highest BCUT2D eigenvalue weighted by Gasteiger charge is 2.52. The van der Waals surface area contributed by atoms with E-state index in [9.17, 15) is 9.90 Å². The number of carbonyl (C=O) groups excluding carboxylic acids is 1. The van der Waals surface area contributed by atoms with Crippen LogP contribution < -0.4 is 0 Å². The minimum atomic E-state index is -0.601. The van der Waals surface area contributed by atoms with Gasteiger partial charge in [0.25, 0.3) is 0 Å². The predicted molar refractivity (Wildman–Crippen MR) is 72.6 cm³/mol. The first-order valence-electron chi connectivity index (χ1n) is 6.01. The summed E-state index contributed by atoms with van der Waals surface area (Å²) in [6.45, 7) is 0.956. The Morgan fingerprint density at radius 2 is 2.22 bits per heavy atom. The van der Waals surface area contributed by atoms with Crippen molar-refractivity contribution in [2.24, 2.45) is 5.92 Å². The van der Waals surface area contributed by atoms with Gasteiger partial charge in [0.15, 0.2) is 0 Å². The van der Waals surface area contributed by atoms with Gasteiger partial charge in [0.05, 0.1) is 17.4 Å². The Morgan fingerprint density at radius 1 is 1.50 bits per heavy atom. The van der Waals surface area contributed by atoms with E-state index in [4.69, 9.17) is 11.6 Å². The number of β-amino-alcohol motifs (C(OH)–C–C–N with tert-alkyl or cyclic N) is 1. The van der Waals surface area contributed by atoms with Crippen molar-refractivity contribution in [3.63, 3.8) is 0 Å². The second-order valence-corrected chi connectivity index (χ2v) is 6.79. The molecule has 1 aromatic heterocycles. The fraction of sp³-hybridized carbons (Fsp3) is 0.462. The summed E-state index contributed by atoms with van der Waals surface area (Å²) in [5, 5.41) is 10.1. The van der Waals surface area contributed by atoms with Gasteiger partial charge in [0.2, 0.25) is 5.91 Å². The summed E-state index contributed by atoms with van der Waals surface area (Å²) in [7, 11) is 0. The van der Waals surface area contributed by atoms with Gasteiger partial charge in [-0.3, -0.25) is 4.79 Å². The molecular formula is C13H14ClNO2S. The van der Waals surface area contributed by atoms with Gasteiger partial charge in [-0.15, -0.1) is 11.3 Å². The molecule has 0 bridgehead atoms. The summed E-state index contributed by atoms with van der Waals surface area (Å²) >= 11 is 7.25. The third kappa shape index (κ3) is 2.32. The van der Waals surface area contributed by atoms with Gasteiger partial charge in [-0.1, -0.05) is 11.6 Å². The fourth-order valence-electron chi connectivity index (χ4n) is 2.33. The highest BCUT2D eigenvalue weighted by atomic mass is 35.5. The molecule has 1 aliphatic heterocycles. The molecule has 1 aromatic rings. The molecule has 2 aliphatic rings. The van der Waals surface area contributed by atoms with Crippen LogP contribution in [0, 0.1) is 5.92 Å². The van der Waals surface area contributed by atoms with Gasteiger partial charge < -0.3 is 10.0 Å². The standard InChI is InChI=1S/C13H14ClNO2S/c14-11-5-3-10(18-11)4-6-12(16)15-7-13(17,8-15)9-1-2-9/h3-6,9,17H,1-2,7-8H2. The minimum absolute atomic E-state index is 0.0372. The quantitative estimate of drug-likeness (QED) is 0.866. The maximum atomic E-state index is 11.8. The van der Waals surface area contributed by atoms with Crippen LogP contribution in [-0.4, -0.2) is 34.6 Å². The molecule has 2 heterocycles. The molecule has 1 saturated heterocycles. The van der Waals surface area contributed by atoms with Crippen LogP contribution in [-0.2, 0) is 4.79 Å². The molecule has 96 valence electrons. The Morgan fingerprint density at radius 3 is 2.78 bits per heavy atom. The summed E-state index contributed by atoms with van der Waals surface area (Å²) in [5.41, 5.74) is -0.601. The molecular weight excluding hydrogens is 270 g/mol. The first-order chi connectivity index (χ1) is 8.57. The van der Waals surface area contributed by atoms with Gasteiger partial charge in [0.1, 0.15) is 5.60 Å². The summed E-state index contributed by atoms with van der Waals surface area (Å²) in [5.74, 6) is 0.381. The molecule has 1 amide bonds. The lowest BCUT2D eigenvalue weighted by molar-refractivity contribution is -0.154. The summed E-state index contributed by atoms with van der Waals surface area (Å²) in [6.07, 6.45) is 5.52. The van der Waals surface area contributed by atoms with E-state index in [1.165, 1.54) is 11.3 Å². The summed E-state index contributed by atoms with van der Waals surface area (Å²) in [6, 6.07) is 3.69. The zero-order valence-corrected chi connectivity index (χ0v) is 11.4. The smallest absolute Gasteiger partial charge is 0.246 e. The van der Waals surface area contributed by atoms with Crippen LogP contribution in [0.5, 0.6) is 0 Å². The van der Waals surface area contributed by atoms with E-state index in [1.807, 2.05) is 12.1 Å². The number of rotatable bonds is 3. The second kappa shape index (κ2) is 4.37. The van der Waals surface area contributed by atoms with Crippen LogP contribution in [0.25, 0.3) is 6.08 Å². The molecule has 18 heavy (non-hydrogen) atoms. The molecule has 0 unspecified atom stereocenters. The molecule has 1 saturated carbocycles. The molecule has 1 aliphatic carbocycles. The minimum Gasteiger partial charge on any atom is -0.386 e. The average Bonchev–Trinajstić information content (AvgIpc) is 3.06. The zero-order chi connectivity index (χ0) is 12.8. The molecule has 3 rings (SSSR count). The number of hydrogen-bond donors (Lipinski definition) is 1. The Balaban J connectivity index is 1.55. The molecule has 5 heteroatoms. The van der Waals surface area contributed by atoms with Crippen LogP contribution in [0.1, 0.15) is 17.7 Å². The van der Waals surface area contributed by atoms with Gasteiger partial charge in [-0.25, -0.2) is 0 Å². The normalized spacial score (nSPS) is 22.2. The largest absolute Gasteiger partial charge is 0.386 e. The van der Waals surface area contributed by atoms with Crippen LogP contribution in [0.15, 0.2) is 18.2 Å². The lowest BCUT2D eigenvalue weighted by atomic mass is 9.88. The van der Waals surface area contributed by atoms with Gasteiger partial charge in [-0.2, -0.15) is 0 Å². The summed E-state index contributed by atoms with van der Waals surface area (Å²) in [4.78, 5) is 14.5. The molecule has 2 fully saturated rings. The van der Waals surface area contributed by atoms with E-state index in [-0.39, 0.29) is 5.91 Å². The third-order valence-corrected chi connectivity index (χ3v) is 4.76. The molecule has 0 aromatic carbocycles. The van der Waals surface area contributed by atoms with Gasteiger partial charge in [-0.05, 0) is 37.0 Å². The van der Waals surface area contributed by atoms with Crippen LogP contribution in [0.2, 0.25) is 4.34 Å². The molecule has 1 N–H and O–H groups in total. The first-order valence-corrected chi connectivity index (χ1v) is 7.21. The maximum Gasteiger partial charge on any atom is 0.246 e. The lowest BCUT2D eigenvalue weighted by Crippen LogP contribution is -2.64. The molecule has 0 spiro atoms. The van der Waals surface area contributed by atoms with Crippen molar-refractivity contribution in [1.82, 2.24) is 4.90 Å². The van der Waals surface area contributed by atoms with E-state index < -0.39 is 5.60 Å². The van der Waals surface area contributed by atoms with Crippen LogP contribution in [0.4, 0.5) is 0 Å². The fourth-order valence-corrected chi connectivity index (χ4v) is 3.29.